The van der Waals surface area contributed by atoms with Gasteiger partial charge in [-0.3, -0.25) is 9.78 Å². The molecule has 0 aliphatic rings. The average Bonchev–Trinajstić information content (AvgIpc) is 2.45. The third-order valence-electron chi connectivity index (χ3n) is 3.42. The number of anilines is 1. The van der Waals surface area contributed by atoms with Crippen LogP contribution in [0.3, 0.4) is 0 Å². The fourth-order valence-electron chi connectivity index (χ4n) is 2.44. The van der Waals surface area contributed by atoms with E-state index in [1.165, 1.54) is 12.1 Å². The average molecular weight is 294 g/mol. The lowest BCUT2D eigenvalue weighted by Gasteiger charge is -2.09. The molecule has 1 aromatic heterocycles. The Labute approximate surface area is 127 Å². The molecule has 2 aromatic carbocycles. The van der Waals surface area contributed by atoms with E-state index in [-0.39, 0.29) is 11.7 Å². The smallest absolute Gasteiger partial charge is 0.256 e. The van der Waals surface area contributed by atoms with Crippen LogP contribution in [0.1, 0.15) is 21.6 Å². The van der Waals surface area contributed by atoms with E-state index < -0.39 is 0 Å². The fourth-order valence-corrected chi connectivity index (χ4v) is 2.44. The number of halogens is 1. The van der Waals surface area contributed by atoms with E-state index in [0.29, 0.717) is 22.2 Å². The zero-order valence-electron chi connectivity index (χ0n) is 12.4. The van der Waals surface area contributed by atoms with E-state index in [1.807, 2.05) is 31.2 Å². The predicted octanol–water partition coefficient (Wildman–Crippen LogP) is 4.24. The lowest BCUT2D eigenvalue weighted by atomic mass is 10.1. The van der Waals surface area contributed by atoms with E-state index in [2.05, 4.69) is 10.3 Å². The molecule has 1 N–H and O–H groups in total. The van der Waals surface area contributed by atoms with Gasteiger partial charge in [0.05, 0.1) is 11.1 Å². The Morgan fingerprint density at radius 2 is 1.91 bits per heavy atom. The number of pyridine rings is 1. The third kappa shape index (κ3) is 2.81. The molecular weight excluding hydrogens is 279 g/mol. The lowest BCUT2D eigenvalue weighted by molar-refractivity contribution is 0.102. The van der Waals surface area contributed by atoms with Crippen LogP contribution in [-0.4, -0.2) is 10.9 Å². The van der Waals surface area contributed by atoms with Crippen molar-refractivity contribution in [1.82, 2.24) is 4.98 Å². The Kier molecular flexibility index (Phi) is 3.59. The predicted molar refractivity (Wildman–Crippen MR) is 85.6 cm³/mol. The quantitative estimate of drug-likeness (QED) is 0.768. The van der Waals surface area contributed by atoms with Gasteiger partial charge in [0.15, 0.2) is 0 Å². The molecule has 0 unspecified atom stereocenters. The van der Waals surface area contributed by atoms with Gasteiger partial charge in [0.2, 0.25) is 0 Å². The summed E-state index contributed by atoms with van der Waals surface area (Å²) >= 11 is 0. The Morgan fingerprint density at radius 3 is 2.68 bits per heavy atom. The zero-order chi connectivity index (χ0) is 15.7. The van der Waals surface area contributed by atoms with Crippen molar-refractivity contribution in [3.8, 4) is 0 Å². The molecule has 0 saturated heterocycles. The van der Waals surface area contributed by atoms with Crippen LogP contribution in [0.5, 0.6) is 0 Å². The molecule has 110 valence electrons. The molecule has 0 aliphatic carbocycles. The van der Waals surface area contributed by atoms with Crippen LogP contribution in [0, 0.1) is 19.7 Å². The number of hydrogen-bond acceptors (Lipinski definition) is 2. The van der Waals surface area contributed by atoms with Gasteiger partial charge in [0, 0.05) is 22.8 Å². The first-order valence-electron chi connectivity index (χ1n) is 6.98. The summed E-state index contributed by atoms with van der Waals surface area (Å²) in [5, 5.41) is 3.51. The number of aromatic nitrogens is 1. The molecule has 0 bridgehead atoms. The number of aryl methyl sites for hydroxylation is 2. The zero-order valence-corrected chi connectivity index (χ0v) is 12.4. The van der Waals surface area contributed by atoms with Crippen molar-refractivity contribution in [2.24, 2.45) is 0 Å². The highest BCUT2D eigenvalue weighted by atomic mass is 19.1. The highest BCUT2D eigenvalue weighted by molar-refractivity contribution is 6.12. The second-order valence-corrected chi connectivity index (χ2v) is 5.30. The largest absolute Gasteiger partial charge is 0.322 e. The maximum absolute atomic E-state index is 13.4. The Morgan fingerprint density at radius 1 is 1.09 bits per heavy atom. The molecular formula is C18H15FN2O. The summed E-state index contributed by atoms with van der Waals surface area (Å²) in [4.78, 5) is 16.8. The van der Waals surface area contributed by atoms with Gasteiger partial charge in [-0.2, -0.15) is 0 Å². The number of carbonyl (C=O) groups excluding carboxylic acids is 1. The fraction of sp³-hybridized carbons (Fsp3) is 0.111. The van der Waals surface area contributed by atoms with Crippen LogP contribution in [-0.2, 0) is 0 Å². The maximum atomic E-state index is 13.4. The number of benzene rings is 2. The minimum atomic E-state index is -0.365. The van der Waals surface area contributed by atoms with Gasteiger partial charge in [0.25, 0.3) is 5.91 Å². The van der Waals surface area contributed by atoms with Gasteiger partial charge in [-0.15, -0.1) is 0 Å². The number of hydrogen-bond donors (Lipinski definition) is 1. The Balaban J connectivity index is 2.03. The molecule has 4 heteroatoms. The topological polar surface area (TPSA) is 42.0 Å². The first-order valence-corrected chi connectivity index (χ1v) is 6.98. The van der Waals surface area contributed by atoms with Crippen LogP contribution in [0.4, 0.5) is 10.1 Å². The van der Waals surface area contributed by atoms with E-state index in [4.69, 9.17) is 0 Å². The molecule has 0 spiro atoms. The normalized spacial score (nSPS) is 10.7. The molecule has 22 heavy (non-hydrogen) atoms. The number of fused-ring (bicyclic) bond motifs is 1. The molecule has 1 amide bonds. The first-order chi connectivity index (χ1) is 10.5. The second kappa shape index (κ2) is 5.56. The van der Waals surface area contributed by atoms with Gasteiger partial charge in [-0.25, -0.2) is 4.39 Å². The Bertz CT molecular complexity index is 869. The first kappa shape index (κ1) is 14.2. The molecule has 3 nitrogen and oxygen atoms in total. The van der Waals surface area contributed by atoms with Crippen LogP contribution >= 0.6 is 0 Å². The van der Waals surface area contributed by atoms with Crippen molar-refractivity contribution in [2.75, 3.05) is 5.32 Å². The molecule has 3 aromatic rings. The van der Waals surface area contributed by atoms with Crippen LogP contribution in [0.25, 0.3) is 10.9 Å². The van der Waals surface area contributed by atoms with Crippen molar-refractivity contribution in [3.05, 3.63) is 71.2 Å². The number of nitrogens with one attached hydrogen (secondary N) is 1. The van der Waals surface area contributed by atoms with Crippen molar-refractivity contribution in [2.45, 2.75) is 13.8 Å². The molecule has 1 heterocycles. The summed E-state index contributed by atoms with van der Waals surface area (Å²) < 4.78 is 13.4. The van der Waals surface area contributed by atoms with Gasteiger partial charge >= 0.3 is 0 Å². The van der Waals surface area contributed by atoms with E-state index in [0.717, 1.165) is 11.3 Å². The highest BCUT2D eigenvalue weighted by Crippen LogP contribution is 2.21. The molecule has 3 rings (SSSR count). The molecule has 0 saturated carbocycles. The number of amides is 1. The standard InChI is InChI=1S/C18H15FN2O/c1-11-4-3-5-14(8-11)21-18(22)16-9-12(2)20-17-10-13(19)6-7-15(16)17/h3-10H,1-2H3,(H,21,22). The molecule has 0 atom stereocenters. The molecule has 0 aliphatic heterocycles. The van der Waals surface area contributed by atoms with Crippen molar-refractivity contribution < 1.29 is 9.18 Å². The van der Waals surface area contributed by atoms with Crippen molar-refractivity contribution in [3.63, 3.8) is 0 Å². The van der Waals surface area contributed by atoms with E-state index in [9.17, 15) is 9.18 Å². The minimum Gasteiger partial charge on any atom is -0.322 e. The summed E-state index contributed by atoms with van der Waals surface area (Å²) in [6.07, 6.45) is 0. The highest BCUT2D eigenvalue weighted by Gasteiger charge is 2.13. The molecule has 0 fully saturated rings. The van der Waals surface area contributed by atoms with Crippen LogP contribution < -0.4 is 5.32 Å². The van der Waals surface area contributed by atoms with E-state index >= 15 is 0 Å². The molecule has 0 radical (unpaired) electrons. The van der Waals surface area contributed by atoms with Crippen LogP contribution in [0.15, 0.2) is 48.5 Å². The van der Waals surface area contributed by atoms with Gasteiger partial charge in [-0.1, -0.05) is 12.1 Å². The van der Waals surface area contributed by atoms with Crippen LogP contribution in [0.2, 0.25) is 0 Å². The Hall–Kier alpha value is -2.75. The van der Waals surface area contributed by atoms with Gasteiger partial charge in [-0.05, 0) is 49.7 Å². The number of nitrogens with zero attached hydrogens (tertiary/aromatic N) is 1. The summed E-state index contributed by atoms with van der Waals surface area (Å²) in [5.74, 6) is -0.594. The van der Waals surface area contributed by atoms with Gasteiger partial charge in [0.1, 0.15) is 5.82 Å². The number of carbonyl (C=O) groups is 1. The maximum Gasteiger partial charge on any atom is 0.256 e. The number of rotatable bonds is 2. The monoisotopic (exact) mass is 294 g/mol. The second-order valence-electron chi connectivity index (χ2n) is 5.30. The summed E-state index contributed by atoms with van der Waals surface area (Å²) in [6, 6.07) is 13.6. The summed E-state index contributed by atoms with van der Waals surface area (Å²) in [7, 11) is 0. The minimum absolute atomic E-state index is 0.229. The SMILES string of the molecule is Cc1cccc(NC(=O)c2cc(C)nc3cc(F)ccc23)c1. The summed E-state index contributed by atoms with van der Waals surface area (Å²) in [6.45, 7) is 3.75. The van der Waals surface area contributed by atoms with Crippen molar-refractivity contribution in [1.29, 1.82) is 0 Å². The lowest BCUT2D eigenvalue weighted by Crippen LogP contribution is -2.13. The van der Waals surface area contributed by atoms with E-state index in [1.54, 1.807) is 19.1 Å². The summed E-state index contributed by atoms with van der Waals surface area (Å²) in [5.41, 5.74) is 3.44. The van der Waals surface area contributed by atoms with Gasteiger partial charge < -0.3 is 5.32 Å². The van der Waals surface area contributed by atoms with Crippen molar-refractivity contribution >= 4 is 22.5 Å². The third-order valence-corrected chi connectivity index (χ3v) is 3.42.